The average molecular weight is 224 g/mol. The Hall–Kier alpha value is 0.0400. The van der Waals surface area contributed by atoms with Gasteiger partial charge in [0.15, 0.2) is 0 Å². The van der Waals surface area contributed by atoms with Crippen LogP contribution in [0.2, 0.25) is 0 Å². The molecule has 2 aliphatic rings. The molecule has 0 bridgehead atoms. The van der Waals surface area contributed by atoms with Crippen molar-refractivity contribution < 1.29 is 18.1 Å². The van der Waals surface area contributed by atoms with Gasteiger partial charge in [0.2, 0.25) is 0 Å². The summed E-state index contributed by atoms with van der Waals surface area (Å²) in [5.41, 5.74) is 0. The third-order valence-corrected chi connectivity index (χ3v) is 8.19. The summed E-state index contributed by atoms with van der Waals surface area (Å²) in [4.78, 5) is 0. The zero-order valence-corrected chi connectivity index (χ0v) is 9.61. The summed E-state index contributed by atoms with van der Waals surface area (Å²) in [7, 11) is 1.57. The van der Waals surface area contributed by atoms with Gasteiger partial charge >= 0.3 is 81.0 Å². The normalized spacial score (nSPS) is 32.4. The summed E-state index contributed by atoms with van der Waals surface area (Å²) in [5.74, 6) is 2.37. The van der Waals surface area contributed by atoms with Gasteiger partial charge in [0.25, 0.3) is 0 Å². The molecule has 0 aromatic carbocycles. The van der Waals surface area contributed by atoms with Crippen LogP contribution in [-0.2, 0) is 18.1 Å². The van der Waals surface area contributed by atoms with Crippen LogP contribution in [0.25, 0.3) is 0 Å². The molecule has 0 atom stereocenters. The maximum atomic E-state index is 5.67. The quantitative estimate of drug-likeness (QED) is 0.640. The number of allylic oxidation sites excluding steroid dienone is 2. The Balaban J connectivity index is 2.31. The molecule has 0 saturated carbocycles. The maximum absolute atomic E-state index is 5.67. The van der Waals surface area contributed by atoms with Gasteiger partial charge in [0.1, 0.15) is 0 Å². The third-order valence-electron chi connectivity index (χ3n) is 2.05. The summed E-state index contributed by atoms with van der Waals surface area (Å²) < 4.78 is 22.3. The van der Waals surface area contributed by atoms with Crippen molar-refractivity contribution in [3.05, 3.63) is 11.5 Å². The van der Waals surface area contributed by atoms with E-state index in [2.05, 4.69) is 0 Å². The van der Waals surface area contributed by atoms with Gasteiger partial charge in [-0.3, -0.25) is 0 Å². The molecule has 0 aromatic heterocycles. The van der Waals surface area contributed by atoms with Gasteiger partial charge in [0.05, 0.1) is 0 Å². The molecule has 0 amide bonds. The molecular formula is C7H13O4PS. The van der Waals surface area contributed by atoms with E-state index in [1.165, 1.54) is 11.4 Å². The molecule has 2 heterocycles. The van der Waals surface area contributed by atoms with Gasteiger partial charge in [-0.2, -0.15) is 0 Å². The Labute approximate surface area is 81.6 Å². The second-order valence-electron chi connectivity index (χ2n) is 2.89. The van der Waals surface area contributed by atoms with Crippen molar-refractivity contribution in [2.75, 3.05) is 19.5 Å². The number of hydrogen-bond donors (Lipinski definition) is 0. The molecule has 4 nitrogen and oxygen atoms in total. The molecule has 0 radical (unpaired) electrons. The first-order valence-electron chi connectivity index (χ1n) is 4.06. The fourth-order valence-electron chi connectivity index (χ4n) is 1.29. The van der Waals surface area contributed by atoms with Crippen molar-refractivity contribution in [2.45, 2.75) is 13.8 Å². The van der Waals surface area contributed by atoms with Gasteiger partial charge in [-0.15, -0.1) is 0 Å². The molecule has 2 aliphatic heterocycles. The van der Waals surface area contributed by atoms with E-state index in [0.29, 0.717) is 6.61 Å². The SMILES string of the molecule is COP12(OCCS1)OC(C)=C(C)O2. The molecule has 1 fully saturated rings. The summed E-state index contributed by atoms with van der Waals surface area (Å²) in [6.45, 7) is 1.09. The second kappa shape index (κ2) is 2.76. The number of rotatable bonds is 1. The van der Waals surface area contributed by atoms with E-state index in [9.17, 15) is 0 Å². The number of hydrogen-bond acceptors (Lipinski definition) is 5. The van der Waals surface area contributed by atoms with Crippen LogP contribution < -0.4 is 0 Å². The zero-order valence-electron chi connectivity index (χ0n) is 7.90. The third kappa shape index (κ3) is 1.26. The molecule has 0 aliphatic carbocycles. The van der Waals surface area contributed by atoms with Crippen LogP contribution in [0.3, 0.4) is 0 Å². The molecule has 0 aromatic rings. The van der Waals surface area contributed by atoms with Crippen LogP contribution in [0, 0.1) is 0 Å². The topological polar surface area (TPSA) is 36.9 Å². The predicted molar refractivity (Wildman–Crippen MR) is 52.9 cm³/mol. The molecule has 0 unspecified atom stereocenters. The zero-order chi connectivity index (χ0) is 9.55. The molecule has 13 heavy (non-hydrogen) atoms. The minimum atomic E-state index is -3.25. The van der Waals surface area contributed by atoms with Crippen molar-refractivity contribution in [1.82, 2.24) is 0 Å². The van der Waals surface area contributed by atoms with Crippen LogP contribution in [0.1, 0.15) is 13.8 Å². The Morgan fingerprint density at radius 2 is 1.92 bits per heavy atom. The fraction of sp³-hybridized carbons (Fsp3) is 0.714. The van der Waals surface area contributed by atoms with E-state index in [0.717, 1.165) is 17.3 Å². The fourth-order valence-corrected chi connectivity index (χ4v) is 6.96. The van der Waals surface area contributed by atoms with E-state index in [1.807, 2.05) is 13.8 Å². The molecule has 0 N–H and O–H groups in total. The van der Waals surface area contributed by atoms with Crippen LogP contribution in [0.15, 0.2) is 11.5 Å². The Morgan fingerprint density at radius 1 is 1.31 bits per heavy atom. The summed E-state index contributed by atoms with van der Waals surface area (Å²) >= 11 is 1.51. The van der Waals surface area contributed by atoms with Crippen LogP contribution >= 0.6 is 18.1 Å². The predicted octanol–water partition coefficient (Wildman–Crippen LogP) is 2.82. The Kier molecular flexibility index (Phi) is 2.04. The molecule has 2 rings (SSSR count). The van der Waals surface area contributed by atoms with Gasteiger partial charge in [-0.05, 0) is 0 Å². The summed E-state index contributed by atoms with van der Waals surface area (Å²) in [6, 6.07) is 0. The second-order valence-corrected chi connectivity index (χ2v) is 8.60. The van der Waals surface area contributed by atoms with Crippen molar-refractivity contribution in [2.24, 2.45) is 0 Å². The average Bonchev–Trinajstić information content (AvgIpc) is 2.61. The van der Waals surface area contributed by atoms with E-state index < -0.39 is 6.71 Å². The molecule has 76 valence electrons. The van der Waals surface area contributed by atoms with Crippen LogP contribution in [-0.4, -0.2) is 19.5 Å². The van der Waals surface area contributed by atoms with E-state index in [1.54, 1.807) is 7.11 Å². The standard InChI is InChI=1S/C7H13O4PS/c1-6-7(2)11-12(8-3,10-6)9-4-5-13-12/h4-5H2,1-3H3. The monoisotopic (exact) mass is 224 g/mol. The first kappa shape index (κ1) is 9.59. The van der Waals surface area contributed by atoms with Gasteiger partial charge < -0.3 is 0 Å². The van der Waals surface area contributed by atoms with E-state index in [-0.39, 0.29) is 0 Å². The van der Waals surface area contributed by atoms with Crippen molar-refractivity contribution in [3.63, 3.8) is 0 Å². The van der Waals surface area contributed by atoms with E-state index >= 15 is 0 Å². The van der Waals surface area contributed by atoms with Crippen molar-refractivity contribution in [1.29, 1.82) is 0 Å². The molecule has 1 saturated heterocycles. The summed E-state index contributed by atoms with van der Waals surface area (Å²) in [5, 5.41) is 0. The van der Waals surface area contributed by atoms with Crippen LogP contribution in [0.5, 0.6) is 0 Å². The van der Waals surface area contributed by atoms with Gasteiger partial charge in [-0.25, -0.2) is 0 Å². The molecular weight excluding hydrogens is 211 g/mol. The Bertz CT molecular complexity index is 254. The first-order valence-corrected chi connectivity index (χ1v) is 7.56. The van der Waals surface area contributed by atoms with Crippen molar-refractivity contribution in [3.8, 4) is 0 Å². The molecule has 6 heteroatoms. The van der Waals surface area contributed by atoms with Gasteiger partial charge in [0, 0.05) is 0 Å². The van der Waals surface area contributed by atoms with Crippen molar-refractivity contribution >= 4 is 18.1 Å². The Morgan fingerprint density at radius 3 is 2.31 bits per heavy atom. The summed E-state index contributed by atoms with van der Waals surface area (Å²) in [6.07, 6.45) is 0. The van der Waals surface area contributed by atoms with Crippen LogP contribution in [0.4, 0.5) is 0 Å². The first-order chi connectivity index (χ1) is 6.09. The van der Waals surface area contributed by atoms with Gasteiger partial charge in [-0.1, -0.05) is 0 Å². The molecule has 1 spiro atoms. The van der Waals surface area contributed by atoms with E-state index in [4.69, 9.17) is 18.1 Å². The minimum absolute atomic E-state index is 0.622.